The average Bonchev–Trinajstić information content (AvgIpc) is 3.39. The van der Waals surface area contributed by atoms with Crippen LogP contribution in [0.3, 0.4) is 0 Å². The van der Waals surface area contributed by atoms with E-state index in [4.69, 9.17) is 33.8 Å². The number of hydrogen-bond acceptors (Lipinski definition) is 7. The largest absolute Gasteiger partial charge is 0.361 e. The van der Waals surface area contributed by atoms with Gasteiger partial charge in [-0.1, -0.05) is 36.6 Å². The summed E-state index contributed by atoms with van der Waals surface area (Å²) in [5.74, 6) is 1.38. The van der Waals surface area contributed by atoms with Crippen LogP contribution in [0.2, 0.25) is 5.02 Å². The fourth-order valence-corrected chi connectivity index (χ4v) is 6.44. The Morgan fingerprint density at radius 2 is 1.92 bits per heavy atom. The first-order valence-electron chi connectivity index (χ1n) is 12.9. The summed E-state index contributed by atoms with van der Waals surface area (Å²) in [4.78, 5) is 20.7. The van der Waals surface area contributed by atoms with Crippen LogP contribution in [0, 0.1) is 0 Å². The molecule has 37 heavy (non-hydrogen) atoms. The Hall–Kier alpha value is -2.49. The third-order valence-corrected chi connectivity index (χ3v) is 8.63. The highest BCUT2D eigenvalue weighted by Crippen LogP contribution is 2.41. The Labute approximate surface area is 233 Å². The van der Waals surface area contributed by atoms with Gasteiger partial charge < -0.3 is 15.5 Å². The minimum Gasteiger partial charge on any atom is -0.361 e. The van der Waals surface area contributed by atoms with Crippen LogP contribution in [-0.4, -0.2) is 44.2 Å². The van der Waals surface area contributed by atoms with Crippen LogP contribution in [0.25, 0.3) is 0 Å². The second-order valence-corrected chi connectivity index (χ2v) is 11.7. The van der Waals surface area contributed by atoms with Crippen molar-refractivity contribution in [2.45, 2.75) is 73.5 Å². The molecule has 0 radical (unpaired) electrons. The first-order valence-corrected chi connectivity index (χ1v) is 14.5. The highest BCUT2D eigenvalue weighted by atomic mass is 35.5. The lowest BCUT2D eigenvalue weighted by atomic mass is 9.79. The Balaban J connectivity index is 1.33. The van der Waals surface area contributed by atoms with E-state index in [0.717, 1.165) is 54.6 Å². The molecule has 0 amide bonds. The molecule has 2 fully saturated rings. The molecular weight excluding hydrogens is 522 g/mol. The fourth-order valence-electron chi connectivity index (χ4n) is 5.37. The van der Waals surface area contributed by atoms with Gasteiger partial charge in [0, 0.05) is 48.0 Å². The van der Waals surface area contributed by atoms with E-state index >= 15 is 0 Å². The summed E-state index contributed by atoms with van der Waals surface area (Å²) in [5.41, 5.74) is 1.29. The van der Waals surface area contributed by atoms with Gasteiger partial charge in [-0.05, 0) is 86.8 Å². The van der Waals surface area contributed by atoms with E-state index in [0.29, 0.717) is 22.3 Å². The molecule has 1 atom stereocenters. The predicted octanol–water partition coefficient (Wildman–Crippen LogP) is 6.25. The highest BCUT2D eigenvalue weighted by Gasteiger charge is 2.35. The van der Waals surface area contributed by atoms with Crippen LogP contribution in [0.1, 0.15) is 57.4 Å². The summed E-state index contributed by atoms with van der Waals surface area (Å²) in [6.07, 6.45) is 11.7. The second-order valence-electron chi connectivity index (χ2n) is 9.87. The molecule has 0 spiro atoms. The molecule has 0 bridgehead atoms. The van der Waals surface area contributed by atoms with Crippen LogP contribution < -0.4 is 15.5 Å². The lowest BCUT2D eigenvalue weighted by molar-refractivity contribution is 0.435. The number of nitrogens with zero attached hydrogens (tertiary/aromatic N) is 5. The molecule has 1 aliphatic carbocycles. The third-order valence-electron chi connectivity index (χ3n) is 7.33. The first kappa shape index (κ1) is 26.1. The van der Waals surface area contributed by atoms with E-state index in [2.05, 4.69) is 44.6 Å². The lowest BCUT2D eigenvalue weighted by Gasteiger charge is -2.34. The fraction of sp³-hybridized carbons (Fsp3) is 0.444. The molecule has 7 nitrogen and oxygen atoms in total. The van der Waals surface area contributed by atoms with Gasteiger partial charge in [0.2, 0.25) is 5.95 Å². The zero-order valence-corrected chi connectivity index (χ0v) is 23.4. The molecule has 1 unspecified atom stereocenters. The predicted molar refractivity (Wildman–Crippen MR) is 155 cm³/mol. The van der Waals surface area contributed by atoms with E-state index in [9.17, 15) is 0 Å². The van der Waals surface area contributed by atoms with Crippen molar-refractivity contribution in [1.29, 1.82) is 0 Å². The van der Waals surface area contributed by atoms with Crippen molar-refractivity contribution in [2.24, 2.45) is 0 Å². The normalized spacial score (nSPS) is 19.0. The van der Waals surface area contributed by atoms with Crippen LogP contribution >= 0.6 is 35.6 Å². The van der Waals surface area contributed by atoms with Crippen LogP contribution in [0.15, 0.2) is 59.0 Å². The number of halogens is 1. The topological polar surface area (TPSA) is 78.9 Å². The average molecular weight is 554 g/mol. The van der Waals surface area contributed by atoms with Crippen molar-refractivity contribution in [2.75, 3.05) is 23.3 Å². The summed E-state index contributed by atoms with van der Waals surface area (Å²) >= 11 is 13.5. The van der Waals surface area contributed by atoms with Crippen molar-refractivity contribution in [3.8, 4) is 0 Å². The van der Waals surface area contributed by atoms with Crippen molar-refractivity contribution < 1.29 is 0 Å². The number of nitrogens with one attached hydrogen (secondary N) is 2. The van der Waals surface area contributed by atoms with E-state index in [1.165, 1.54) is 36.6 Å². The van der Waals surface area contributed by atoms with Gasteiger partial charge in [0.05, 0.1) is 0 Å². The Kier molecular flexibility index (Phi) is 8.42. The van der Waals surface area contributed by atoms with Gasteiger partial charge >= 0.3 is 0 Å². The molecule has 10 heteroatoms. The van der Waals surface area contributed by atoms with Gasteiger partial charge in [-0.15, -0.1) is 0 Å². The molecule has 1 saturated carbocycles. The molecular formula is C27H32ClN7S2. The highest BCUT2D eigenvalue weighted by molar-refractivity contribution is 7.99. The summed E-state index contributed by atoms with van der Waals surface area (Å²) in [7, 11) is 0. The monoisotopic (exact) mass is 553 g/mol. The summed E-state index contributed by atoms with van der Waals surface area (Å²) in [5, 5.41) is 9.44. The molecule has 1 aliphatic heterocycles. The Morgan fingerprint density at radius 3 is 2.68 bits per heavy atom. The smallest absolute Gasteiger partial charge is 0.232 e. The van der Waals surface area contributed by atoms with Gasteiger partial charge in [0.1, 0.15) is 10.8 Å². The minimum absolute atomic E-state index is 0.0221. The van der Waals surface area contributed by atoms with Gasteiger partial charge in [0.25, 0.3) is 0 Å². The van der Waals surface area contributed by atoms with E-state index in [1.54, 1.807) is 12.4 Å². The second kappa shape index (κ2) is 11.9. The van der Waals surface area contributed by atoms with Crippen LogP contribution in [-0.2, 0) is 5.41 Å². The zero-order chi connectivity index (χ0) is 25.7. The molecule has 3 heterocycles. The maximum atomic E-state index is 6.33. The first-order chi connectivity index (χ1) is 18.0. The Bertz CT molecular complexity index is 1220. The molecule has 2 aromatic heterocycles. The van der Waals surface area contributed by atoms with E-state index in [-0.39, 0.29) is 5.41 Å². The summed E-state index contributed by atoms with van der Waals surface area (Å²) in [6, 6.07) is 12.5. The SMILES string of the molecule is CC1CCCCN1c1cc(Sc2ncccn2)nc(NC(=S)NCC2(c3cccc(Cl)c3)CCCC2)n1. The maximum absolute atomic E-state index is 6.33. The molecule has 1 saturated heterocycles. The maximum Gasteiger partial charge on any atom is 0.232 e. The van der Waals surface area contributed by atoms with Crippen molar-refractivity contribution in [1.82, 2.24) is 25.3 Å². The number of thiocarbonyl (C=S) groups is 1. The molecule has 2 N–H and O–H groups in total. The van der Waals surface area contributed by atoms with E-state index in [1.807, 2.05) is 24.3 Å². The molecule has 5 rings (SSSR count). The van der Waals surface area contributed by atoms with Crippen molar-refractivity contribution >= 4 is 52.5 Å². The van der Waals surface area contributed by atoms with Crippen molar-refractivity contribution in [3.05, 3.63) is 59.4 Å². The summed E-state index contributed by atoms with van der Waals surface area (Å²) < 4.78 is 0. The molecule has 1 aromatic carbocycles. The number of rotatable bonds is 7. The summed E-state index contributed by atoms with van der Waals surface area (Å²) in [6.45, 7) is 3.97. The molecule has 3 aromatic rings. The quantitative estimate of drug-likeness (QED) is 0.200. The number of hydrogen-bond donors (Lipinski definition) is 2. The molecule has 2 aliphatic rings. The van der Waals surface area contributed by atoms with Gasteiger partial charge in [0.15, 0.2) is 10.3 Å². The number of piperidine rings is 1. The number of anilines is 2. The van der Waals surface area contributed by atoms with E-state index < -0.39 is 0 Å². The minimum atomic E-state index is 0.0221. The number of benzene rings is 1. The standard InChI is InChI=1S/C27H32ClN7S2/c1-19-8-2-5-15-35(19)22-17-23(37-26-29-13-7-14-30-26)33-24(32-22)34-25(36)31-18-27(11-3-4-12-27)20-9-6-10-21(28)16-20/h6-7,9-10,13-14,16-17,19H,2-5,8,11-12,15,18H2,1H3,(H2,31,32,33,34,36). The third kappa shape index (κ3) is 6.51. The van der Waals surface area contributed by atoms with Gasteiger partial charge in [-0.2, -0.15) is 4.98 Å². The number of aromatic nitrogens is 4. The van der Waals surface area contributed by atoms with Crippen LogP contribution in [0.5, 0.6) is 0 Å². The molecule has 194 valence electrons. The lowest BCUT2D eigenvalue weighted by Crippen LogP contribution is -2.41. The Morgan fingerprint density at radius 1 is 1.11 bits per heavy atom. The van der Waals surface area contributed by atoms with Crippen LogP contribution in [0.4, 0.5) is 11.8 Å². The van der Waals surface area contributed by atoms with Crippen molar-refractivity contribution in [3.63, 3.8) is 0 Å². The zero-order valence-electron chi connectivity index (χ0n) is 21.0. The van der Waals surface area contributed by atoms with Gasteiger partial charge in [-0.3, -0.25) is 0 Å². The van der Waals surface area contributed by atoms with Gasteiger partial charge in [-0.25, -0.2) is 15.0 Å².